The van der Waals surface area contributed by atoms with E-state index in [1.165, 1.54) is 0 Å². The first-order valence-electron chi connectivity index (χ1n) is 14.1. The van der Waals surface area contributed by atoms with E-state index in [2.05, 4.69) is 0 Å². The molecule has 0 saturated carbocycles. The topological polar surface area (TPSA) is 83.1 Å². The van der Waals surface area contributed by atoms with Gasteiger partial charge in [-0.05, 0) is 69.2 Å². The van der Waals surface area contributed by atoms with Gasteiger partial charge in [-0.2, -0.15) is 0 Å². The van der Waals surface area contributed by atoms with Crippen LogP contribution in [0, 0.1) is 0 Å². The number of ether oxygens (including phenoxy) is 9. The summed E-state index contributed by atoms with van der Waals surface area (Å²) in [6, 6.07) is 0. The summed E-state index contributed by atoms with van der Waals surface area (Å²) < 4.78 is 51.6. The quantitative estimate of drug-likeness (QED) is 0.160. The Morgan fingerprint density at radius 1 is 0.297 bits per heavy atom. The van der Waals surface area contributed by atoms with Crippen molar-refractivity contribution in [3.05, 3.63) is 0 Å². The van der Waals surface area contributed by atoms with Gasteiger partial charge in [0.25, 0.3) is 0 Å². The molecule has 8 atom stereocenters. The van der Waals surface area contributed by atoms with Crippen molar-refractivity contribution in [3.63, 3.8) is 0 Å². The van der Waals surface area contributed by atoms with E-state index in [9.17, 15) is 0 Å². The zero-order chi connectivity index (χ0) is 28.1. The Morgan fingerprint density at radius 3 is 0.730 bits per heavy atom. The van der Waals surface area contributed by atoms with Crippen molar-refractivity contribution in [2.24, 2.45) is 0 Å². The second kappa shape index (κ2) is 23.5. The van der Waals surface area contributed by atoms with Gasteiger partial charge in [0.2, 0.25) is 0 Å². The average Bonchev–Trinajstić information content (AvgIpc) is 2.87. The predicted molar refractivity (Wildman–Crippen MR) is 145 cm³/mol. The second-order valence-electron chi connectivity index (χ2n) is 9.93. The molecule has 0 heterocycles. The molecule has 0 N–H and O–H groups in total. The van der Waals surface area contributed by atoms with E-state index >= 15 is 0 Å². The lowest BCUT2D eigenvalue weighted by atomic mass is 10.3. The molecule has 0 aliphatic heterocycles. The molecule has 0 saturated heterocycles. The third-order valence-electron chi connectivity index (χ3n) is 5.32. The van der Waals surface area contributed by atoms with E-state index in [4.69, 9.17) is 42.6 Å². The minimum Gasteiger partial charge on any atom is -0.379 e. The maximum atomic E-state index is 5.89. The van der Waals surface area contributed by atoms with Gasteiger partial charge in [-0.3, -0.25) is 0 Å². The molecular weight excluding hydrogens is 480 g/mol. The van der Waals surface area contributed by atoms with Crippen LogP contribution in [0.1, 0.15) is 69.2 Å². The Balaban J connectivity index is 3.84. The minimum atomic E-state index is -0.0422. The maximum absolute atomic E-state index is 5.89. The lowest BCUT2D eigenvalue weighted by molar-refractivity contribution is -0.109. The average molecular weight is 539 g/mol. The van der Waals surface area contributed by atoms with Gasteiger partial charge in [0.1, 0.15) is 0 Å². The van der Waals surface area contributed by atoms with Crippen LogP contribution in [0.15, 0.2) is 0 Å². The lowest BCUT2D eigenvalue weighted by Gasteiger charge is -2.23. The molecule has 0 spiro atoms. The number of hydrogen-bond acceptors (Lipinski definition) is 9. The molecule has 0 aromatic heterocycles. The highest BCUT2D eigenvalue weighted by Gasteiger charge is 2.14. The van der Waals surface area contributed by atoms with Crippen molar-refractivity contribution in [1.29, 1.82) is 0 Å². The smallest absolute Gasteiger partial charge is 0.0781 e. The molecule has 224 valence electrons. The summed E-state index contributed by atoms with van der Waals surface area (Å²) in [7, 11) is 0. The van der Waals surface area contributed by atoms with E-state index in [0.29, 0.717) is 66.1 Å². The molecule has 0 aromatic carbocycles. The Labute approximate surface area is 227 Å². The standard InChI is InChI=1S/C28H58O9/c1-11-29-13-21(3)31-15-23(5)33-17-25(7)35-19-27(9)37-20-28(10)36-18-26(8)34-16-24(6)32-14-22(4)30-12-2/h21-28H,11-20H2,1-10H3. The SMILES string of the molecule is CCOCC(C)OCC(C)OCC(C)OCC(C)OCC(C)OCC(C)OCC(C)OCC(C)OCC. The molecule has 0 amide bonds. The van der Waals surface area contributed by atoms with E-state index in [1.54, 1.807) is 0 Å². The van der Waals surface area contributed by atoms with Crippen molar-refractivity contribution in [2.75, 3.05) is 66.1 Å². The summed E-state index contributed by atoms with van der Waals surface area (Å²) in [4.78, 5) is 0. The molecule has 9 heteroatoms. The first-order chi connectivity index (χ1) is 17.6. The normalized spacial score (nSPS) is 18.6. The first kappa shape index (κ1) is 36.6. The Morgan fingerprint density at radius 2 is 0.514 bits per heavy atom. The van der Waals surface area contributed by atoms with Crippen LogP contribution in [0.25, 0.3) is 0 Å². The highest BCUT2D eigenvalue weighted by molar-refractivity contribution is 4.59. The fourth-order valence-corrected chi connectivity index (χ4v) is 3.05. The lowest BCUT2D eigenvalue weighted by Crippen LogP contribution is -2.30. The van der Waals surface area contributed by atoms with Gasteiger partial charge in [-0.25, -0.2) is 0 Å². The molecule has 0 aliphatic rings. The Bertz CT molecular complexity index is 496. The summed E-state index contributed by atoms with van der Waals surface area (Å²) >= 11 is 0. The summed E-state index contributed by atoms with van der Waals surface area (Å²) in [5.74, 6) is 0. The van der Waals surface area contributed by atoms with Crippen LogP contribution >= 0.6 is 0 Å². The van der Waals surface area contributed by atoms with Gasteiger partial charge in [-0.1, -0.05) is 0 Å². The van der Waals surface area contributed by atoms with E-state index in [1.807, 2.05) is 69.2 Å². The fraction of sp³-hybridized carbons (Fsp3) is 1.00. The van der Waals surface area contributed by atoms with Crippen molar-refractivity contribution in [3.8, 4) is 0 Å². The largest absolute Gasteiger partial charge is 0.379 e. The molecule has 0 aliphatic carbocycles. The molecule has 0 bridgehead atoms. The van der Waals surface area contributed by atoms with Crippen LogP contribution < -0.4 is 0 Å². The van der Waals surface area contributed by atoms with Crippen LogP contribution in [0.4, 0.5) is 0 Å². The summed E-state index contributed by atoms with van der Waals surface area (Å²) in [6.07, 6.45) is 0.00404. The molecule has 0 radical (unpaired) electrons. The monoisotopic (exact) mass is 538 g/mol. The predicted octanol–water partition coefficient (Wildman–Crippen LogP) is 4.28. The fourth-order valence-electron chi connectivity index (χ4n) is 3.05. The van der Waals surface area contributed by atoms with Crippen LogP contribution in [0.3, 0.4) is 0 Å². The summed E-state index contributed by atoms with van der Waals surface area (Å²) in [5.41, 5.74) is 0. The van der Waals surface area contributed by atoms with Gasteiger partial charge in [0, 0.05) is 13.2 Å². The molecular formula is C28H58O9. The van der Waals surface area contributed by atoms with Gasteiger partial charge in [-0.15, -0.1) is 0 Å². The van der Waals surface area contributed by atoms with Crippen molar-refractivity contribution < 1.29 is 42.6 Å². The Hall–Kier alpha value is -0.360. The summed E-state index contributed by atoms with van der Waals surface area (Å²) in [5, 5.41) is 0. The van der Waals surface area contributed by atoms with Crippen LogP contribution in [0.2, 0.25) is 0 Å². The molecule has 37 heavy (non-hydrogen) atoms. The number of rotatable bonds is 26. The zero-order valence-corrected chi connectivity index (χ0v) is 25.4. The molecule has 0 aromatic rings. The third kappa shape index (κ3) is 23.3. The van der Waals surface area contributed by atoms with Gasteiger partial charge < -0.3 is 42.6 Å². The van der Waals surface area contributed by atoms with Crippen molar-refractivity contribution in [2.45, 2.75) is 118 Å². The molecule has 0 rings (SSSR count). The van der Waals surface area contributed by atoms with Crippen LogP contribution in [0.5, 0.6) is 0 Å². The summed E-state index contributed by atoms with van der Waals surface area (Å²) in [6.45, 7) is 25.5. The highest BCUT2D eigenvalue weighted by Crippen LogP contribution is 2.05. The zero-order valence-electron chi connectivity index (χ0n) is 25.4. The Kier molecular flexibility index (Phi) is 23.3. The van der Waals surface area contributed by atoms with E-state index in [-0.39, 0.29) is 48.8 Å². The number of hydrogen-bond donors (Lipinski definition) is 0. The van der Waals surface area contributed by atoms with E-state index in [0.717, 1.165) is 0 Å². The first-order valence-corrected chi connectivity index (χ1v) is 14.1. The second-order valence-corrected chi connectivity index (χ2v) is 9.93. The van der Waals surface area contributed by atoms with E-state index < -0.39 is 0 Å². The van der Waals surface area contributed by atoms with Crippen LogP contribution in [-0.2, 0) is 42.6 Å². The van der Waals surface area contributed by atoms with Gasteiger partial charge in [0.05, 0.1) is 102 Å². The third-order valence-corrected chi connectivity index (χ3v) is 5.32. The molecule has 9 nitrogen and oxygen atoms in total. The van der Waals surface area contributed by atoms with Gasteiger partial charge in [0.15, 0.2) is 0 Å². The molecule has 0 fully saturated rings. The molecule has 8 unspecified atom stereocenters. The minimum absolute atomic E-state index is 0.00523. The maximum Gasteiger partial charge on any atom is 0.0781 e. The highest BCUT2D eigenvalue weighted by atomic mass is 16.6. The van der Waals surface area contributed by atoms with Crippen molar-refractivity contribution >= 4 is 0 Å². The van der Waals surface area contributed by atoms with Crippen LogP contribution in [-0.4, -0.2) is 115 Å². The van der Waals surface area contributed by atoms with Gasteiger partial charge >= 0.3 is 0 Å². The van der Waals surface area contributed by atoms with Crippen molar-refractivity contribution in [1.82, 2.24) is 0 Å².